The molecular weight excluding hydrogens is 318 g/mol. The molecule has 106 valence electrons. The first kappa shape index (κ1) is 13.8. The van der Waals surface area contributed by atoms with E-state index in [1.165, 1.54) is 11.1 Å². The van der Waals surface area contributed by atoms with E-state index in [9.17, 15) is 5.11 Å². The smallest absolute Gasteiger partial charge is 0.112 e. The maximum Gasteiger partial charge on any atom is 0.112 e. The van der Waals surface area contributed by atoms with E-state index in [1.54, 1.807) is 6.20 Å². The van der Waals surface area contributed by atoms with Crippen LogP contribution < -0.4 is 0 Å². The lowest BCUT2D eigenvalue weighted by Gasteiger charge is -2.33. The molecule has 1 heterocycles. The SMILES string of the molecule is CCCn1nncc1C1(O)CCc2cc(Br)ccc2C1. The first-order chi connectivity index (χ1) is 9.62. The Labute approximate surface area is 126 Å². The van der Waals surface area contributed by atoms with Crippen LogP contribution in [0.15, 0.2) is 28.9 Å². The van der Waals surface area contributed by atoms with Crippen molar-refractivity contribution < 1.29 is 5.11 Å². The number of aliphatic hydroxyl groups is 1. The van der Waals surface area contributed by atoms with Crippen LogP contribution in [-0.2, 0) is 25.0 Å². The molecule has 1 unspecified atom stereocenters. The van der Waals surface area contributed by atoms with Gasteiger partial charge < -0.3 is 5.11 Å². The fraction of sp³-hybridized carbons (Fsp3) is 0.467. The van der Waals surface area contributed by atoms with Crippen LogP contribution in [0.25, 0.3) is 0 Å². The maximum absolute atomic E-state index is 11.0. The van der Waals surface area contributed by atoms with Gasteiger partial charge in [-0.2, -0.15) is 0 Å². The minimum absolute atomic E-state index is 0.632. The normalized spacial score (nSPS) is 21.8. The molecule has 20 heavy (non-hydrogen) atoms. The lowest BCUT2D eigenvalue weighted by atomic mass is 9.79. The number of rotatable bonds is 3. The molecule has 3 rings (SSSR count). The zero-order valence-electron chi connectivity index (χ0n) is 11.5. The van der Waals surface area contributed by atoms with Gasteiger partial charge in [0.2, 0.25) is 0 Å². The Morgan fingerprint density at radius 3 is 3.05 bits per heavy atom. The highest BCUT2D eigenvalue weighted by molar-refractivity contribution is 9.10. The fourth-order valence-corrected chi connectivity index (χ4v) is 3.37. The third-order valence-electron chi connectivity index (χ3n) is 3.99. The van der Waals surface area contributed by atoms with E-state index in [0.717, 1.165) is 29.6 Å². The van der Waals surface area contributed by atoms with Gasteiger partial charge in [0.15, 0.2) is 0 Å². The quantitative estimate of drug-likeness (QED) is 0.938. The lowest BCUT2D eigenvalue weighted by Crippen LogP contribution is -2.35. The summed E-state index contributed by atoms with van der Waals surface area (Å²) >= 11 is 3.50. The fourth-order valence-electron chi connectivity index (χ4n) is 2.96. The zero-order chi connectivity index (χ0) is 14.2. The number of hydrogen-bond acceptors (Lipinski definition) is 3. The van der Waals surface area contributed by atoms with E-state index in [1.807, 2.05) is 10.7 Å². The monoisotopic (exact) mass is 335 g/mol. The molecule has 5 heteroatoms. The third kappa shape index (κ3) is 2.40. The molecule has 1 aliphatic carbocycles. The van der Waals surface area contributed by atoms with Crippen LogP contribution in [0, 0.1) is 0 Å². The van der Waals surface area contributed by atoms with Gasteiger partial charge >= 0.3 is 0 Å². The third-order valence-corrected chi connectivity index (χ3v) is 4.48. The van der Waals surface area contributed by atoms with Crippen LogP contribution in [-0.4, -0.2) is 20.1 Å². The summed E-state index contributed by atoms with van der Waals surface area (Å²) in [6.07, 6.45) is 4.91. The molecule has 0 aliphatic heterocycles. The highest BCUT2D eigenvalue weighted by Crippen LogP contribution is 2.37. The number of halogens is 1. The molecule has 1 aromatic carbocycles. The molecule has 0 radical (unpaired) electrons. The van der Waals surface area contributed by atoms with Crippen molar-refractivity contribution in [3.63, 3.8) is 0 Å². The summed E-state index contributed by atoms with van der Waals surface area (Å²) in [5, 5.41) is 19.1. The van der Waals surface area contributed by atoms with Crippen LogP contribution in [0.4, 0.5) is 0 Å². The molecule has 4 nitrogen and oxygen atoms in total. The van der Waals surface area contributed by atoms with Crippen LogP contribution in [0.1, 0.15) is 36.6 Å². The summed E-state index contributed by atoms with van der Waals surface area (Å²) < 4.78 is 2.93. The van der Waals surface area contributed by atoms with Gasteiger partial charge in [-0.15, -0.1) is 5.10 Å². The number of aromatic nitrogens is 3. The molecule has 0 saturated carbocycles. The molecule has 0 spiro atoms. The van der Waals surface area contributed by atoms with Crippen LogP contribution in [0.5, 0.6) is 0 Å². The zero-order valence-corrected chi connectivity index (χ0v) is 13.1. The van der Waals surface area contributed by atoms with E-state index >= 15 is 0 Å². The standard InChI is InChI=1S/C15H18BrN3O/c1-2-7-19-14(10-17-18-19)15(20)6-5-11-8-13(16)4-3-12(11)9-15/h3-4,8,10,20H,2,5-7,9H2,1H3. The summed E-state index contributed by atoms with van der Waals surface area (Å²) in [7, 11) is 0. The molecule has 0 bridgehead atoms. The van der Waals surface area contributed by atoms with Crippen molar-refractivity contribution in [3.05, 3.63) is 45.7 Å². The number of benzene rings is 1. The van der Waals surface area contributed by atoms with Crippen molar-refractivity contribution in [1.82, 2.24) is 15.0 Å². The Morgan fingerprint density at radius 1 is 1.40 bits per heavy atom. The van der Waals surface area contributed by atoms with Gasteiger partial charge in [0, 0.05) is 17.4 Å². The second-order valence-corrected chi connectivity index (χ2v) is 6.38. The van der Waals surface area contributed by atoms with Gasteiger partial charge in [-0.3, -0.25) is 0 Å². The number of nitrogens with zero attached hydrogens (tertiary/aromatic N) is 3. The summed E-state index contributed by atoms with van der Waals surface area (Å²) in [6.45, 7) is 2.90. The summed E-state index contributed by atoms with van der Waals surface area (Å²) in [5.41, 5.74) is 2.53. The van der Waals surface area contributed by atoms with Crippen molar-refractivity contribution in [2.24, 2.45) is 0 Å². The van der Waals surface area contributed by atoms with E-state index in [4.69, 9.17) is 0 Å². The Balaban J connectivity index is 1.94. The van der Waals surface area contributed by atoms with Crippen molar-refractivity contribution in [1.29, 1.82) is 0 Å². The van der Waals surface area contributed by atoms with E-state index in [2.05, 4.69) is 45.3 Å². The topological polar surface area (TPSA) is 50.9 Å². The van der Waals surface area contributed by atoms with Gasteiger partial charge in [-0.25, -0.2) is 4.68 Å². The summed E-state index contributed by atoms with van der Waals surface area (Å²) in [4.78, 5) is 0. The predicted molar refractivity (Wildman–Crippen MR) is 80.4 cm³/mol. The Morgan fingerprint density at radius 2 is 2.25 bits per heavy atom. The largest absolute Gasteiger partial charge is 0.383 e. The highest BCUT2D eigenvalue weighted by atomic mass is 79.9. The van der Waals surface area contributed by atoms with E-state index in [-0.39, 0.29) is 0 Å². The average molecular weight is 336 g/mol. The molecular formula is C15H18BrN3O. The first-order valence-electron chi connectivity index (χ1n) is 7.01. The summed E-state index contributed by atoms with van der Waals surface area (Å²) in [6, 6.07) is 6.28. The molecule has 0 saturated heterocycles. The van der Waals surface area contributed by atoms with Gasteiger partial charge in [-0.05, 0) is 42.5 Å². The van der Waals surface area contributed by atoms with Crippen molar-refractivity contribution in [2.45, 2.75) is 44.8 Å². The van der Waals surface area contributed by atoms with Crippen LogP contribution >= 0.6 is 15.9 Å². The number of hydrogen-bond donors (Lipinski definition) is 1. The van der Waals surface area contributed by atoms with Gasteiger partial charge in [-0.1, -0.05) is 34.1 Å². The van der Waals surface area contributed by atoms with Gasteiger partial charge in [0.1, 0.15) is 5.60 Å². The minimum atomic E-state index is -0.848. The van der Waals surface area contributed by atoms with Crippen LogP contribution in [0.3, 0.4) is 0 Å². The first-order valence-corrected chi connectivity index (χ1v) is 7.80. The maximum atomic E-state index is 11.0. The van der Waals surface area contributed by atoms with Crippen LogP contribution in [0.2, 0.25) is 0 Å². The van der Waals surface area contributed by atoms with E-state index in [0.29, 0.717) is 12.8 Å². The molecule has 1 aromatic heterocycles. The number of fused-ring (bicyclic) bond motifs is 1. The van der Waals surface area contributed by atoms with Crippen molar-refractivity contribution >= 4 is 15.9 Å². The predicted octanol–water partition coefficient (Wildman–Crippen LogP) is 2.83. The lowest BCUT2D eigenvalue weighted by molar-refractivity contribution is 0.0133. The molecule has 1 aliphatic rings. The molecule has 0 amide bonds. The van der Waals surface area contributed by atoms with Crippen molar-refractivity contribution in [3.8, 4) is 0 Å². The van der Waals surface area contributed by atoms with Gasteiger partial charge in [0.05, 0.1) is 11.9 Å². The average Bonchev–Trinajstić information content (AvgIpc) is 2.89. The van der Waals surface area contributed by atoms with Gasteiger partial charge in [0.25, 0.3) is 0 Å². The number of aryl methyl sites for hydroxylation is 2. The molecule has 1 N–H and O–H groups in total. The van der Waals surface area contributed by atoms with E-state index < -0.39 is 5.60 Å². The minimum Gasteiger partial charge on any atom is -0.383 e. The summed E-state index contributed by atoms with van der Waals surface area (Å²) in [5.74, 6) is 0. The molecule has 1 atom stereocenters. The molecule has 0 fully saturated rings. The Bertz CT molecular complexity index is 625. The Kier molecular flexibility index (Phi) is 3.65. The van der Waals surface area contributed by atoms with Crippen molar-refractivity contribution in [2.75, 3.05) is 0 Å². The highest BCUT2D eigenvalue weighted by Gasteiger charge is 2.37. The molecule has 2 aromatic rings. The second kappa shape index (κ2) is 5.30. The second-order valence-electron chi connectivity index (χ2n) is 5.46. The Hall–Kier alpha value is -1.20.